The van der Waals surface area contributed by atoms with Crippen LogP contribution in [-0.4, -0.2) is 54.7 Å². The van der Waals surface area contributed by atoms with E-state index < -0.39 is 18.9 Å². The van der Waals surface area contributed by atoms with Crippen molar-refractivity contribution >= 4 is 13.1 Å². The van der Waals surface area contributed by atoms with E-state index in [2.05, 4.69) is 0 Å². The van der Waals surface area contributed by atoms with Crippen LogP contribution in [0.4, 0.5) is 0 Å². The van der Waals surface area contributed by atoms with Gasteiger partial charge in [0, 0.05) is 13.8 Å². The molecule has 0 aromatic heterocycles. The molecular weight excluding hydrogens is 307 g/mol. The maximum Gasteiger partial charge on any atom is 0.491 e. The summed E-state index contributed by atoms with van der Waals surface area (Å²) in [6, 6.07) is 3.10. The van der Waals surface area contributed by atoms with Crippen LogP contribution in [0.1, 0.15) is 24.2 Å². The Hall–Kier alpha value is -1.97. The van der Waals surface area contributed by atoms with E-state index in [0.717, 1.165) is 0 Å². The van der Waals surface area contributed by atoms with Crippen molar-refractivity contribution in [3.63, 3.8) is 0 Å². The molecule has 2 aliphatic rings. The largest absolute Gasteiger partial charge is 0.492 e. The fourth-order valence-corrected chi connectivity index (χ4v) is 2.22. The molecule has 1 aromatic carbocycles. The first-order valence-corrected chi connectivity index (χ1v) is 7.18. The molecular formula is C14H17BO8. The van der Waals surface area contributed by atoms with Gasteiger partial charge in [-0.1, -0.05) is 0 Å². The number of carbonyl (C=O) groups excluding carboxylic acids is 1. The van der Waals surface area contributed by atoms with Gasteiger partial charge in [0.05, 0.1) is 13.2 Å². The lowest BCUT2D eigenvalue weighted by atomic mass is 9.95. The van der Waals surface area contributed by atoms with E-state index in [1.165, 1.54) is 0 Å². The molecule has 124 valence electrons. The summed E-state index contributed by atoms with van der Waals surface area (Å²) in [5, 5.41) is 17.9. The van der Waals surface area contributed by atoms with Crippen molar-refractivity contribution in [3.8, 4) is 17.2 Å². The molecule has 23 heavy (non-hydrogen) atoms. The summed E-state index contributed by atoms with van der Waals surface area (Å²) in [4.78, 5) is 12.3. The molecule has 0 bridgehead atoms. The third-order valence-corrected chi connectivity index (χ3v) is 3.26. The van der Waals surface area contributed by atoms with Gasteiger partial charge in [0.1, 0.15) is 23.9 Å². The van der Waals surface area contributed by atoms with Gasteiger partial charge in [-0.15, -0.1) is 0 Å². The molecule has 1 fully saturated rings. The van der Waals surface area contributed by atoms with Crippen LogP contribution in [0.25, 0.3) is 0 Å². The van der Waals surface area contributed by atoms with E-state index in [4.69, 9.17) is 33.7 Å². The third-order valence-electron chi connectivity index (χ3n) is 3.26. The molecule has 2 N–H and O–H groups in total. The Labute approximate surface area is 133 Å². The second-order valence-electron chi connectivity index (χ2n) is 5.73. The molecule has 1 saturated heterocycles. The van der Waals surface area contributed by atoms with Crippen LogP contribution in [0.15, 0.2) is 12.1 Å². The number of fused-ring (bicyclic) bond motifs is 1. The Kier molecular flexibility index (Phi) is 4.09. The third kappa shape index (κ3) is 3.36. The summed E-state index contributed by atoms with van der Waals surface area (Å²) in [7, 11) is -1.64. The molecule has 0 atom stereocenters. The SMILES string of the molecule is CC1(C)OC(=O)c2c(OC3COC3)ccc(OCB(O)O)c2O1. The minimum absolute atomic E-state index is 0.112. The maximum absolute atomic E-state index is 12.3. The minimum Gasteiger partial charge on any atom is -0.492 e. The molecule has 1 aromatic rings. The molecule has 3 rings (SSSR count). The van der Waals surface area contributed by atoms with Gasteiger partial charge in [-0.3, -0.25) is 0 Å². The van der Waals surface area contributed by atoms with Gasteiger partial charge in [-0.2, -0.15) is 0 Å². The smallest absolute Gasteiger partial charge is 0.491 e. The predicted molar refractivity (Wildman–Crippen MR) is 77.5 cm³/mol. The quantitative estimate of drug-likeness (QED) is 0.582. The van der Waals surface area contributed by atoms with E-state index in [0.29, 0.717) is 19.0 Å². The van der Waals surface area contributed by atoms with Crippen LogP contribution in [0.5, 0.6) is 17.2 Å². The van der Waals surface area contributed by atoms with E-state index in [-0.39, 0.29) is 29.7 Å². The fourth-order valence-electron chi connectivity index (χ4n) is 2.22. The molecule has 0 unspecified atom stereocenters. The second-order valence-corrected chi connectivity index (χ2v) is 5.73. The van der Waals surface area contributed by atoms with Crippen LogP contribution in [0.2, 0.25) is 0 Å². The number of hydrogen-bond acceptors (Lipinski definition) is 8. The minimum atomic E-state index is -1.64. The monoisotopic (exact) mass is 324 g/mol. The van der Waals surface area contributed by atoms with Crippen molar-refractivity contribution in [1.29, 1.82) is 0 Å². The van der Waals surface area contributed by atoms with Gasteiger partial charge in [0.15, 0.2) is 11.5 Å². The summed E-state index contributed by atoms with van der Waals surface area (Å²) in [5.74, 6) is -1.09. The molecule has 0 aliphatic carbocycles. The molecule has 2 aliphatic heterocycles. The highest BCUT2D eigenvalue weighted by atomic mass is 16.7. The van der Waals surface area contributed by atoms with Crippen LogP contribution in [-0.2, 0) is 9.47 Å². The standard InChI is InChI=1S/C14H17BO8/c1-14(2)22-12-10(20-7-15(17)18)4-3-9(11(12)13(16)23-14)21-8-5-19-6-8/h3-4,8,17-18H,5-7H2,1-2H3. The van der Waals surface area contributed by atoms with Gasteiger partial charge < -0.3 is 33.7 Å². The number of rotatable bonds is 5. The Balaban J connectivity index is 1.96. The first-order valence-electron chi connectivity index (χ1n) is 7.18. The zero-order chi connectivity index (χ0) is 16.6. The van der Waals surface area contributed by atoms with Crippen LogP contribution in [0.3, 0.4) is 0 Å². The Morgan fingerprint density at radius 3 is 2.57 bits per heavy atom. The van der Waals surface area contributed by atoms with Gasteiger partial charge in [0.25, 0.3) is 0 Å². The average Bonchev–Trinajstić information content (AvgIpc) is 2.39. The highest BCUT2D eigenvalue weighted by molar-refractivity contribution is 6.40. The van der Waals surface area contributed by atoms with Crippen molar-refractivity contribution in [2.24, 2.45) is 0 Å². The maximum atomic E-state index is 12.3. The highest BCUT2D eigenvalue weighted by Gasteiger charge is 2.39. The van der Waals surface area contributed by atoms with Crippen molar-refractivity contribution in [2.45, 2.75) is 25.7 Å². The lowest BCUT2D eigenvalue weighted by Gasteiger charge is -2.34. The first-order chi connectivity index (χ1) is 10.9. The summed E-state index contributed by atoms with van der Waals surface area (Å²) < 4.78 is 27.0. The van der Waals surface area contributed by atoms with Crippen molar-refractivity contribution in [1.82, 2.24) is 0 Å². The molecule has 0 spiro atoms. The summed E-state index contributed by atoms with van der Waals surface area (Å²) >= 11 is 0. The zero-order valence-electron chi connectivity index (χ0n) is 12.8. The highest BCUT2D eigenvalue weighted by Crippen LogP contribution is 2.44. The van der Waals surface area contributed by atoms with E-state index in [9.17, 15) is 4.79 Å². The summed E-state index contributed by atoms with van der Waals surface area (Å²) in [6.07, 6.45) is -0.132. The Bertz CT molecular complexity index is 611. The number of esters is 1. The average molecular weight is 324 g/mol. The van der Waals surface area contributed by atoms with Gasteiger partial charge >= 0.3 is 13.1 Å². The van der Waals surface area contributed by atoms with Crippen LogP contribution >= 0.6 is 0 Å². The summed E-state index contributed by atoms with van der Waals surface area (Å²) in [5.41, 5.74) is 0.112. The number of benzene rings is 1. The van der Waals surface area contributed by atoms with E-state index in [1.54, 1.807) is 26.0 Å². The van der Waals surface area contributed by atoms with Gasteiger partial charge in [-0.05, 0) is 12.1 Å². The summed E-state index contributed by atoms with van der Waals surface area (Å²) in [6.45, 7) is 3.72. The molecule has 0 saturated carbocycles. The molecule has 2 heterocycles. The van der Waals surface area contributed by atoms with Crippen molar-refractivity contribution in [3.05, 3.63) is 17.7 Å². The van der Waals surface area contributed by atoms with Crippen LogP contribution in [0, 0.1) is 0 Å². The normalized spacial score (nSPS) is 19.0. The van der Waals surface area contributed by atoms with Crippen LogP contribution < -0.4 is 14.2 Å². The Morgan fingerprint density at radius 1 is 1.26 bits per heavy atom. The molecule has 8 nitrogen and oxygen atoms in total. The lowest BCUT2D eigenvalue weighted by molar-refractivity contribution is -0.129. The molecule has 0 radical (unpaired) electrons. The first kappa shape index (κ1) is 15.9. The van der Waals surface area contributed by atoms with Gasteiger partial charge in [-0.25, -0.2) is 4.79 Å². The Morgan fingerprint density at radius 2 is 1.96 bits per heavy atom. The predicted octanol–water partition coefficient (Wildman–Crippen LogP) is 0.140. The topological polar surface area (TPSA) is 104 Å². The zero-order valence-corrected chi connectivity index (χ0v) is 12.8. The lowest BCUT2D eigenvalue weighted by Crippen LogP contribution is -2.41. The number of hydrogen-bond donors (Lipinski definition) is 2. The molecule has 0 amide bonds. The van der Waals surface area contributed by atoms with E-state index >= 15 is 0 Å². The number of carbonyl (C=O) groups is 1. The van der Waals surface area contributed by atoms with E-state index in [1.807, 2.05) is 0 Å². The van der Waals surface area contributed by atoms with Crippen molar-refractivity contribution < 1.29 is 38.5 Å². The van der Waals surface area contributed by atoms with Gasteiger partial charge in [0.2, 0.25) is 5.79 Å². The number of ether oxygens (including phenoxy) is 5. The second kappa shape index (κ2) is 5.91. The number of cyclic esters (lactones) is 1. The van der Waals surface area contributed by atoms with Crippen molar-refractivity contribution in [2.75, 3.05) is 19.7 Å². The fraction of sp³-hybridized carbons (Fsp3) is 0.500. The molecule has 9 heteroatoms.